The lowest BCUT2D eigenvalue weighted by Crippen LogP contribution is -2.49. The topological polar surface area (TPSA) is 105 Å². The minimum atomic E-state index is -1.06. The van der Waals surface area contributed by atoms with Crippen molar-refractivity contribution in [2.24, 2.45) is 0 Å². The SMILES string of the molecule is CCc1nccn1CCC(=O)N1CCC2(CC1)CN(CC(=O)O)C(=O)O2. The molecule has 0 saturated carbocycles. The largest absolute Gasteiger partial charge is 0.480 e. The summed E-state index contributed by atoms with van der Waals surface area (Å²) < 4.78 is 7.45. The summed E-state index contributed by atoms with van der Waals surface area (Å²) in [6.45, 7) is 3.57. The summed E-state index contributed by atoms with van der Waals surface area (Å²) in [6, 6.07) is 0. The second kappa shape index (κ2) is 7.35. The highest BCUT2D eigenvalue weighted by atomic mass is 16.6. The molecular weight excluding hydrogens is 340 g/mol. The van der Waals surface area contributed by atoms with Crippen molar-refractivity contribution in [3.05, 3.63) is 18.2 Å². The number of rotatable bonds is 6. The highest BCUT2D eigenvalue weighted by Gasteiger charge is 2.47. The van der Waals surface area contributed by atoms with Crippen molar-refractivity contribution in [3.8, 4) is 0 Å². The molecule has 0 aliphatic carbocycles. The van der Waals surface area contributed by atoms with Gasteiger partial charge in [0.2, 0.25) is 5.91 Å². The van der Waals surface area contributed by atoms with E-state index in [9.17, 15) is 14.4 Å². The normalized spacial score (nSPS) is 19.0. The Morgan fingerprint density at radius 1 is 1.35 bits per heavy atom. The number of carboxylic acids is 1. The first kappa shape index (κ1) is 18.2. The molecule has 1 spiro atoms. The second-order valence-corrected chi connectivity index (χ2v) is 6.82. The molecule has 1 aromatic rings. The number of hydrogen-bond acceptors (Lipinski definition) is 5. The predicted molar refractivity (Wildman–Crippen MR) is 90.5 cm³/mol. The molecule has 2 fully saturated rings. The molecule has 26 heavy (non-hydrogen) atoms. The van der Waals surface area contributed by atoms with E-state index in [1.54, 1.807) is 11.1 Å². The van der Waals surface area contributed by atoms with E-state index in [1.807, 2.05) is 17.7 Å². The Morgan fingerprint density at radius 3 is 2.73 bits per heavy atom. The molecule has 0 aromatic carbocycles. The molecule has 2 aliphatic heterocycles. The molecule has 2 amide bonds. The molecule has 9 heteroatoms. The molecular formula is C17H24N4O5. The highest BCUT2D eigenvalue weighted by molar-refractivity contribution is 5.79. The maximum Gasteiger partial charge on any atom is 0.411 e. The van der Waals surface area contributed by atoms with Crippen LogP contribution in [0.4, 0.5) is 4.79 Å². The lowest BCUT2D eigenvalue weighted by atomic mass is 9.91. The van der Waals surface area contributed by atoms with Gasteiger partial charge in [-0.15, -0.1) is 0 Å². The molecule has 0 atom stereocenters. The zero-order valence-electron chi connectivity index (χ0n) is 14.9. The second-order valence-electron chi connectivity index (χ2n) is 6.82. The fourth-order valence-electron chi connectivity index (χ4n) is 3.63. The van der Waals surface area contributed by atoms with Crippen LogP contribution in [0.15, 0.2) is 12.4 Å². The summed E-state index contributed by atoms with van der Waals surface area (Å²) in [6.07, 6.45) is 5.34. The van der Waals surface area contributed by atoms with Crippen molar-refractivity contribution >= 4 is 18.0 Å². The lowest BCUT2D eigenvalue weighted by Gasteiger charge is -2.37. The van der Waals surface area contributed by atoms with E-state index < -0.39 is 17.7 Å². The molecule has 0 unspecified atom stereocenters. The molecule has 9 nitrogen and oxygen atoms in total. The summed E-state index contributed by atoms with van der Waals surface area (Å²) in [5, 5.41) is 8.86. The standard InChI is InChI=1S/C17H24N4O5/c1-2-13-18-6-10-19(13)7-3-14(22)20-8-4-17(5-9-20)12-21(11-15(23)24)16(25)26-17/h6,10H,2-5,7-9,11-12H2,1H3,(H,23,24). The van der Waals surface area contributed by atoms with Crippen LogP contribution in [0.1, 0.15) is 32.0 Å². The summed E-state index contributed by atoms with van der Waals surface area (Å²) in [4.78, 5) is 42.4. The zero-order valence-corrected chi connectivity index (χ0v) is 14.9. The van der Waals surface area contributed by atoms with E-state index in [4.69, 9.17) is 9.84 Å². The maximum atomic E-state index is 12.5. The van der Waals surface area contributed by atoms with Crippen LogP contribution in [0.25, 0.3) is 0 Å². The number of carboxylic acid groups (broad SMARTS) is 1. The number of likely N-dealkylation sites (tertiary alicyclic amines) is 1. The molecule has 142 valence electrons. The van der Waals surface area contributed by atoms with Gasteiger partial charge in [0.25, 0.3) is 0 Å². The minimum Gasteiger partial charge on any atom is -0.480 e. The van der Waals surface area contributed by atoms with Crippen molar-refractivity contribution < 1.29 is 24.2 Å². The lowest BCUT2D eigenvalue weighted by molar-refractivity contribution is -0.137. The van der Waals surface area contributed by atoms with Gasteiger partial charge in [0.05, 0.1) is 6.54 Å². The fourth-order valence-corrected chi connectivity index (χ4v) is 3.63. The van der Waals surface area contributed by atoms with Crippen LogP contribution < -0.4 is 0 Å². The number of hydrogen-bond donors (Lipinski definition) is 1. The number of nitrogens with zero attached hydrogens (tertiary/aromatic N) is 4. The number of amides is 2. The number of imidazole rings is 1. The predicted octanol–water partition coefficient (Wildman–Crippen LogP) is 0.734. The third kappa shape index (κ3) is 3.81. The van der Waals surface area contributed by atoms with Gasteiger partial charge in [-0.3, -0.25) is 14.5 Å². The van der Waals surface area contributed by atoms with Crippen LogP contribution in [-0.4, -0.2) is 74.2 Å². The highest BCUT2D eigenvalue weighted by Crippen LogP contribution is 2.33. The molecule has 2 aliphatic rings. The number of aliphatic carboxylic acids is 1. The van der Waals surface area contributed by atoms with Gasteiger partial charge < -0.3 is 19.3 Å². The van der Waals surface area contributed by atoms with Gasteiger partial charge in [-0.05, 0) is 0 Å². The van der Waals surface area contributed by atoms with Gasteiger partial charge in [0.1, 0.15) is 18.0 Å². The van der Waals surface area contributed by atoms with Crippen molar-refractivity contribution in [2.45, 2.75) is 44.8 Å². The van der Waals surface area contributed by atoms with E-state index >= 15 is 0 Å². The van der Waals surface area contributed by atoms with Crippen molar-refractivity contribution in [2.75, 3.05) is 26.2 Å². The molecule has 1 N–H and O–H groups in total. The van der Waals surface area contributed by atoms with E-state index in [2.05, 4.69) is 4.98 Å². The average molecular weight is 364 g/mol. The third-order valence-electron chi connectivity index (χ3n) is 5.08. The monoisotopic (exact) mass is 364 g/mol. The first-order valence-corrected chi connectivity index (χ1v) is 8.90. The number of carbonyl (C=O) groups is 3. The van der Waals surface area contributed by atoms with Crippen LogP contribution in [0.5, 0.6) is 0 Å². The van der Waals surface area contributed by atoms with Crippen molar-refractivity contribution in [1.82, 2.24) is 19.4 Å². The summed E-state index contributed by atoms with van der Waals surface area (Å²) >= 11 is 0. The maximum absolute atomic E-state index is 12.5. The zero-order chi connectivity index (χ0) is 18.7. The Morgan fingerprint density at radius 2 is 2.08 bits per heavy atom. The van der Waals surface area contributed by atoms with Crippen LogP contribution >= 0.6 is 0 Å². The quantitative estimate of drug-likeness (QED) is 0.798. The van der Waals surface area contributed by atoms with Crippen molar-refractivity contribution in [3.63, 3.8) is 0 Å². The van der Waals surface area contributed by atoms with E-state index in [0.29, 0.717) is 38.9 Å². The number of ether oxygens (including phenoxy) is 1. The summed E-state index contributed by atoms with van der Waals surface area (Å²) in [7, 11) is 0. The molecule has 0 bridgehead atoms. The van der Waals surface area contributed by atoms with Gasteiger partial charge in [-0.25, -0.2) is 9.78 Å². The Hall–Kier alpha value is -2.58. The molecule has 3 heterocycles. The van der Waals surface area contributed by atoms with Gasteiger partial charge in [-0.2, -0.15) is 0 Å². The smallest absolute Gasteiger partial charge is 0.411 e. The van der Waals surface area contributed by atoms with Gasteiger partial charge in [-0.1, -0.05) is 6.92 Å². The van der Waals surface area contributed by atoms with E-state index in [1.165, 1.54) is 4.90 Å². The van der Waals surface area contributed by atoms with Crippen LogP contribution in [-0.2, 0) is 27.3 Å². The van der Waals surface area contributed by atoms with E-state index in [0.717, 1.165) is 12.2 Å². The van der Waals surface area contributed by atoms with Gasteiger partial charge in [0.15, 0.2) is 0 Å². The molecule has 3 rings (SSSR count). The first-order chi connectivity index (χ1) is 12.4. The minimum absolute atomic E-state index is 0.0716. The average Bonchev–Trinajstić information content (AvgIpc) is 3.17. The Balaban J connectivity index is 1.50. The van der Waals surface area contributed by atoms with Crippen LogP contribution in [0, 0.1) is 0 Å². The van der Waals surface area contributed by atoms with Crippen LogP contribution in [0.2, 0.25) is 0 Å². The summed E-state index contributed by atoms with van der Waals surface area (Å²) in [5.74, 6) is -0.0216. The van der Waals surface area contributed by atoms with Gasteiger partial charge >= 0.3 is 12.1 Å². The van der Waals surface area contributed by atoms with Crippen LogP contribution in [0.3, 0.4) is 0 Å². The fraction of sp³-hybridized carbons (Fsp3) is 0.647. The first-order valence-electron chi connectivity index (χ1n) is 8.90. The molecule has 0 radical (unpaired) electrons. The molecule has 1 aromatic heterocycles. The van der Waals surface area contributed by atoms with Crippen molar-refractivity contribution in [1.29, 1.82) is 0 Å². The number of aromatic nitrogens is 2. The molecule has 2 saturated heterocycles. The Labute approximate surface area is 151 Å². The van der Waals surface area contributed by atoms with Gasteiger partial charge in [0, 0.05) is 57.7 Å². The number of aryl methyl sites for hydroxylation is 2. The Kier molecular flexibility index (Phi) is 5.15. The Bertz CT molecular complexity index is 693. The van der Waals surface area contributed by atoms with E-state index in [-0.39, 0.29) is 19.0 Å². The summed E-state index contributed by atoms with van der Waals surface area (Å²) in [5.41, 5.74) is -0.664. The third-order valence-corrected chi connectivity index (χ3v) is 5.08. The number of carbonyl (C=O) groups excluding carboxylic acids is 2. The number of piperidine rings is 1.